The summed E-state index contributed by atoms with van der Waals surface area (Å²) in [6, 6.07) is 22.8. The molecule has 4 rings (SSSR count). The van der Waals surface area contributed by atoms with Gasteiger partial charge in [0.25, 0.3) is 11.8 Å². The van der Waals surface area contributed by atoms with Gasteiger partial charge < -0.3 is 4.90 Å². The predicted octanol–water partition coefficient (Wildman–Crippen LogP) is 4.16. The summed E-state index contributed by atoms with van der Waals surface area (Å²) in [6.45, 7) is 0.548. The van der Waals surface area contributed by atoms with Crippen molar-refractivity contribution < 1.29 is 9.59 Å². The molecule has 0 atom stereocenters. The summed E-state index contributed by atoms with van der Waals surface area (Å²) in [5.41, 5.74) is 2.58. The van der Waals surface area contributed by atoms with Gasteiger partial charge in [0.15, 0.2) is 0 Å². The second kappa shape index (κ2) is 7.21. The lowest BCUT2D eigenvalue weighted by Gasteiger charge is -2.21. The molecule has 0 aliphatic carbocycles. The van der Waals surface area contributed by atoms with Crippen LogP contribution in [0.1, 0.15) is 10.4 Å². The summed E-state index contributed by atoms with van der Waals surface area (Å²) in [7, 11) is 1.86. The molecule has 1 aliphatic rings. The van der Waals surface area contributed by atoms with E-state index in [9.17, 15) is 9.59 Å². The van der Waals surface area contributed by atoms with E-state index in [4.69, 9.17) is 0 Å². The van der Waals surface area contributed by atoms with Crippen LogP contribution in [0.2, 0.25) is 0 Å². The number of para-hydroxylation sites is 1. The van der Waals surface area contributed by atoms with Gasteiger partial charge >= 0.3 is 0 Å². The number of amides is 2. The molecule has 0 spiro atoms. The maximum atomic E-state index is 13.3. The Kier molecular flexibility index (Phi) is 4.60. The van der Waals surface area contributed by atoms with Gasteiger partial charge in [-0.3, -0.25) is 9.59 Å². The summed E-state index contributed by atoms with van der Waals surface area (Å²) in [5, 5.41) is 1.92. The van der Waals surface area contributed by atoms with Gasteiger partial charge in [0.2, 0.25) is 0 Å². The van der Waals surface area contributed by atoms with Crippen LogP contribution in [0.3, 0.4) is 0 Å². The Bertz CT molecular complexity index is 995. The second-order valence-electron chi connectivity index (χ2n) is 6.32. The first-order valence-electron chi connectivity index (χ1n) is 8.64. The lowest BCUT2D eigenvalue weighted by Crippen LogP contribution is -2.34. The number of benzene rings is 2. The highest BCUT2D eigenvalue weighted by Crippen LogP contribution is 2.36. The first-order valence-corrected chi connectivity index (χ1v) is 9.52. The lowest BCUT2D eigenvalue weighted by molar-refractivity contribution is -0.120. The molecular weight excluding hydrogens is 356 g/mol. The Morgan fingerprint density at radius 1 is 0.852 bits per heavy atom. The van der Waals surface area contributed by atoms with Gasteiger partial charge in [0.05, 0.1) is 11.3 Å². The van der Waals surface area contributed by atoms with Gasteiger partial charge in [0.1, 0.15) is 5.70 Å². The number of hydrogen-bond acceptors (Lipinski definition) is 4. The molecular formula is C22H18N2O2S. The molecule has 3 aromatic rings. The Morgan fingerprint density at radius 3 is 2.15 bits per heavy atom. The summed E-state index contributed by atoms with van der Waals surface area (Å²) in [5.74, 6) is -0.559. The average molecular weight is 374 g/mol. The van der Waals surface area contributed by atoms with Crippen LogP contribution >= 0.6 is 11.3 Å². The van der Waals surface area contributed by atoms with E-state index >= 15 is 0 Å². The number of likely N-dealkylation sites (N-methyl/N-ethyl adjacent to an activating group) is 1. The number of rotatable bonds is 5. The van der Waals surface area contributed by atoms with Gasteiger partial charge in [-0.2, -0.15) is 0 Å². The Balaban J connectivity index is 1.77. The highest BCUT2D eigenvalue weighted by Gasteiger charge is 2.42. The third-order valence-electron chi connectivity index (χ3n) is 4.49. The molecule has 0 fully saturated rings. The number of anilines is 1. The van der Waals surface area contributed by atoms with Crippen LogP contribution in [-0.2, 0) is 16.1 Å². The van der Waals surface area contributed by atoms with Crippen LogP contribution in [0.25, 0.3) is 5.57 Å². The molecule has 0 unspecified atom stereocenters. The van der Waals surface area contributed by atoms with Gasteiger partial charge in [-0.15, -0.1) is 11.3 Å². The van der Waals surface area contributed by atoms with Gasteiger partial charge in [-0.05, 0) is 29.1 Å². The number of carbonyl (C=O) groups excluding carboxylic acids is 2. The van der Waals surface area contributed by atoms with Gasteiger partial charge in [0, 0.05) is 18.5 Å². The normalized spacial score (nSPS) is 14.2. The number of nitrogens with zero attached hydrogens (tertiary/aromatic N) is 2. The van der Waals surface area contributed by atoms with Crippen molar-refractivity contribution in [3.05, 3.63) is 94.3 Å². The molecule has 0 saturated heterocycles. The largest absolute Gasteiger partial charge is 0.365 e. The Labute approximate surface area is 162 Å². The Hall–Kier alpha value is -3.18. The third-order valence-corrected chi connectivity index (χ3v) is 5.37. The molecule has 134 valence electrons. The zero-order valence-electron chi connectivity index (χ0n) is 14.8. The first-order chi connectivity index (χ1) is 13.2. The van der Waals surface area contributed by atoms with Crippen LogP contribution < -0.4 is 4.90 Å². The lowest BCUT2D eigenvalue weighted by atomic mass is 10.1. The Morgan fingerprint density at radius 2 is 1.52 bits per heavy atom. The van der Waals surface area contributed by atoms with Crippen LogP contribution in [0.5, 0.6) is 0 Å². The van der Waals surface area contributed by atoms with Crippen molar-refractivity contribution in [3.63, 3.8) is 0 Å². The van der Waals surface area contributed by atoms with Crippen molar-refractivity contribution in [2.24, 2.45) is 0 Å². The van der Waals surface area contributed by atoms with E-state index in [0.717, 1.165) is 10.4 Å². The second-order valence-corrected chi connectivity index (χ2v) is 7.27. The van der Waals surface area contributed by atoms with Crippen molar-refractivity contribution in [3.8, 4) is 0 Å². The molecule has 0 saturated carbocycles. The fourth-order valence-electron chi connectivity index (χ4n) is 3.26. The van der Waals surface area contributed by atoms with Crippen LogP contribution in [-0.4, -0.2) is 23.8 Å². The molecule has 0 bridgehead atoms. The third kappa shape index (κ3) is 3.17. The van der Waals surface area contributed by atoms with Gasteiger partial charge in [-0.1, -0.05) is 54.6 Å². The maximum absolute atomic E-state index is 13.3. The summed E-state index contributed by atoms with van der Waals surface area (Å²) in [6.07, 6.45) is 0. The topological polar surface area (TPSA) is 40.6 Å². The van der Waals surface area contributed by atoms with Crippen molar-refractivity contribution >= 4 is 34.4 Å². The van der Waals surface area contributed by atoms with E-state index < -0.39 is 0 Å². The van der Waals surface area contributed by atoms with E-state index in [1.807, 2.05) is 78.0 Å². The minimum Gasteiger partial charge on any atom is -0.365 e. The molecule has 1 aromatic heterocycles. The monoisotopic (exact) mass is 374 g/mol. The molecule has 27 heavy (non-hydrogen) atoms. The zero-order valence-corrected chi connectivity index (χ0v) is 15.6. The minimum atomic E-state index is -0.284. The average Bonchev–Trinajstić information content (AvgIpc) is 3.29. The fourth-order valence-corrected chi connectivity index (χ4v) is 4.03. The number of carbonyl (C=O) groups is 2. The SMILES string of the molecule is CN(Cc1ccccc1)C1=C(c2cccs2)C(=O)N(c2ccccc2)C1=O. The van der Waals surface area contributed by atoms with Crippen LogP contribution in [0, 0.1) is 0 Å². The summed E-state index contributed by atoms with van der Waals surface area (Å²) in [4.78, 5) is 30.4. The standard InChI is InChI=1S/C22H18N2O2S/c1-23(15-16-9-4-2-5-10-16)20-19(18-13-8-14-27-18)21(25)24(22(20)26)17-11-6-3-7-12-17/h2-14H,15H2,1H3. The molecule has 2 aromatic carbocycles. The molecule has 2 heterocycles. The molecule has 5 heteroatoms. The maximum Gasteiger partial charge on any atom is 0.282 e. The molecule has 0 N–H and O–H groups in total. The van der Waals surface area contributed by atoms with E-state index in [-0.39, 0.29) is 11.8 Å². The van der Waals surface area contributed by atoms with E-state index in [2.05, 4.69) is 0 Å². The minimum absolute atomic E-state index is 0.274. The van der Waals surface area contributed by atoms with Crippen molar-refractivity contribution in [1.29, 1.82) is 0 Å². The highest BCUT2D eigenvalue weighted by molar-refractivity contribution is 7.11. The van der Waals surface area contributed by atoms with Gasteiger partial charge in [-0.25, -0.2) is 4.90 Å². The molecule has 0 radical (unpaired) electrons. The van der Waals surface area contributed by atoms with E-state index in [1.54, 1.807) is 12.1 Å². The smallest absolute Gasteiger partial charge is 0.282 e. The van der Waals surface area contributed by atoms with E-state index in [1.165, 1.54) is 16.2 Å². The quantitative estimate of drug-likeness (QED) is 0.630. The fraction of sp³-hybridized carbons (Fsp3) is 0.0909. The van der Waals surface area contributed by atoms with Crippen LogP contribution in [0.4, 0.5) is 5.69 Å². The zero-order chi connectivity index (χ0) is 18.8. The predicted molar refractivity (Wildman–Crippen MR) is 108 cm³/mol. The summed E-state index contributed by atoms with van der Waals surface area (Å²) >= 11 is 1.47. The number of thiophene rings is 1. The molecule has 1 aliphatic heterocycles. The van der Waals surface area contributed by atoms with E-state index in [0.29, 0.717) is 23.5 Å². The van der Waals surface area contributed by atoms with Crippen LogP contribution in [0.15, 0.2) is 83.9 Å². The molecule has 2 amide bonds. The van der Waals surface area contributed by atoms with Crippen molar-refractivity contribution in [2.75, 3.05) is 11.9 Å². The first kappa shape index (κ1) is 17.2. The highest BCUT2D eigenvalue weighted by atomic mass is 32.1. The summed E-state index contributed by atoms with van der Waals surface area (Å²) < 4.78 is 0. The molecule has 4 nitrogen and oxygen atoms in total. The van der Waals surface area contributed by atoms with Crippen molar-refractivity contribution in [1.82, 2.24) is 4.90 Å². The number of hydrogen-bond donors (Lipinski definition) is 0. The van der Waals surface area contributed by atoms with Crippen molar-refractivity contribution in [2.45, 2.75) is 6.54 Å². The number of imide groups is 1.